The van der Waals surface area contributed by atoms with E-state index in [2.05, 4.69) is 19.2 Å². The van der Waals surface area contributed by atoms with Crippen molar-refractivity contribution in [2.45, 2.75) is 59.1 Å². The van der Waals surface area contributed by atoms with Crippen LogP contribution in [0.1, 0.15) is 57.3 Å². The number of nitrogens with zero attached hydrogens (tertiary/aromatic N) is 1. The second kappa shape index (κ2) is 10.3. The lowest BCUT2D eigenvalue weighted by molar-refractivity contribution is -0.385. The van der Waals surface area contributed by atoms with Crippen molar-refractivity contribution in [2.24, 2.45) is 11.8 Å². The smallest absolute Gasteiger partial charge is 0.346 e. The number of nitrogens with one attached hydrogen (secondary N) is 1. The predicted octanol–water partition coefficient (Wildman–Crippen LogP) is 3.49. The summed E-state index contributed by atoms with van der Waals surface area (Å²) in [4.78, 5) is 35.9. The van der Waals surface area contributed by atoms with E-state index in [0.717, 1.165) is 25.3 Å². The lowest BCUT2D eigenvalue weighted by atomic mass is 9.78. The van der Waals surface area contributed by atoms with Crippen LogP contribution in [-0.2, 0) is 9.53 Å². The van der Waals surface area contributed by atoms with Gasteiger partial charge in [0.2, 0.25) is 0 Å². The van der Waals surface area contributed by atoms with Crippen molar-refractivity contribution in [1.82, 2.24) is 5.32 Å². The molecule has 9 heteroatoms. The summed E-state index contributed by atoms with van der Waals surface area (Å²) in [6.07, 6.45) is 1.93. The summed E-state index contributed by atoms with van der Waals surface area (Å²) in [6.45, 7) is 7.70. The van der Waals surface area contributed by atoms with Crippen molar-refractivity contribution in [1.29, 1.82) is 0 Å². The minimum atomic E-state index is -1.10. The van der Waals surface area contributed by atoms with Crippen molar-refractivity contribution < 1.29 is 28.7 Å². The summed E-state index contributed by atoms with van der Waals surface area (Å²) in [7, 11) is 1.36. The molecule has 0 aliphatic heterocycles. The second-order valence-corrected chi connectivity index (χ2v) is 7.64. The molecule has 1 N–H and O–H groups in total. The summed E-state index contributed by atoms with van der Waals surface area (Å²) >= 11 is 0. The van der Waals surface area contributed by atoms with E-state index in [0.29, 0.717) is 11.8 Å². The highest BCUT2D eigenvalue weighted by Crippen LogP contribution is 2.35. The number of carbonyl (C=O) groups is 2. The SMILES string of the molecule is CCOc1cc([N+](=O)[O-])c(C(=O)O[C@H](C)C(=O)N[C@@H]2CCC[C@H](C)[C@@H]2C)cc1OC. The standard InChI is InChI=1S/C21H30N2O7/c1-6-29-19-11-17(23(26)27)15(10-18(19)28-5)21(25)30-14(4)20(24)22-16-9-7-8-12(2)13(16)3/h10-14,16H,6-9H2,1-5H3,(H,22,24)/t12-,13-,14+,16+/m0/s1. The van der Waals surface area contributed by atoms with Crippen LogP contribution in [0.3, 0.4) is 0 Å². The first-order chi connectivity index (χ1) is 14.2. The van der Waals surface area contributed by atoms with Crippen LogP contribution in [0.15, 0.2) is 12.1 Å². The normalized spacial score (nSPS) is 22.0. The van der Waals surface area contributed by atoms with Crippen molar-refractivity contribution in [3.8, 4) is 11.5 Å². The molecule has 0 aromatic heterocycles. The summed E-state index contributed by atoms with van der Waals surface area (Å²) in [5.41, 5.74) is -0.786. The Balaban J connectivity index is 2.15. The second-order valence-electron chi connectivity index (χ2n) is 7.64. The van der Waals surface area contributed by atoms with Gasteiger partial charge in [0.15, 0.2) is 17.6 Å². The molecule has 1 aliphatic rings. The molecule has 1 aliphatic carbocycles. The number of nitro benzene ring substituents is 1. The Hall–Kier alpha value is -2.84. The maximum atomic E-state index is 12.6. The zero-order valence-electron chi connectivity index (χ0n) is 18.1. The molecule has 166 valence electrons. The number of nitro groups is 1. The van der Waals surface area contributed by atoms with Crippen molar-refractivity contribution in [2.75, 3.05) is 13.7 Å². The molecule has 2 rings (SSSR count). The van der Waals surface area contributed by atoms with Crippen LogP contribution < -0.4 is 14.8 Å². The summed E-state index contributed by atoms with van der Waals surface area (Å²) in [5, 5.41) is 14.4. The lowest BCUT2D eigenvalue weighted by Crippen LogP contribution is -2.47. The van der Waals surface area contributed by atoms with E-state index in [4.69, 9.17) is 14.2 Å². The molecule has 30 heavy (non-hydrogen) atoms. The molecule has 1 fully saturated rings. The molecule has 9 nitrogen and oxygen atoms in total. The first-order valence-electron chi connectivity index (χ1n) is 10.2. The molecule has 0 spiro atoms. The molecule has 1 amide bonds. The van der Waals surface area contributed by atoms with Crippen molar-refractivity contribution >= 4 is 17.6 Å². The van der Waals surface area contributed by atoms with Crippen molar-refractivity contribution in [3.05, 3.63) is 27.8 Å². The Morgan fingerprint density at radius 2 is 1.97 bits per heavy atom. The quantitative estimate of drug-likeness (QED) is 0.387. The topological polar surface area (TPSA) is 117 Å². The lowest BCUT2D eigenvalue weighted by Gasteiger charge is -2.35. The third kappa shape index (κ3) is 5.40. The Labute approximate surface area is 176 Å². The average molecular weight is 422 g/mol. The number of esters is 1. The van der Waals surface area contributed by atoms with E-state index in [1.54, 1.807) is 6.92 Å². The fourth-order valence-corrected chi connectivity index (χ4v) is 3.65. The number of amides is 1. The highest BCUT2D eigenvalue weighted by Gasteiger charge is 2.32. The van der Waals surface area contributed by atoms with Gasteiger partial charge in [-0.3, -0.25) is 14.9 Å². The molecule has 4 atom stereocenters. The third-order valence-electron chi connectivity index (χ3n) is 5.69. The van der Waals surface area contributed by atoms with E-state index >= 15 is 0 Å². The van der Waals surface area contributed by atoms with Gasteiger partial charge < -0.3 is 19.5 Å². The van der Waals surface area contributed by atoms with Gasteiger partial charge in [0.05, 0.1) is 24.7 Å². The summed E-state index contributed by atoms with van der Waals surface area (Å²) < 4.78 is 15.7. The highest BCUT2D eigenvalue weighted by atomic mass is 16.6. The van der Waals surface area contributed by atoms with Gasteiger partial charge in [0, 0.05) is 12.1 Å². The monoisotopic (exact) mass is 422 g/mol. The van der Waals surface area contributed by atoms with Gasteiger partial charge in [-0.1, -0.05) is 26.7 Å². The van der Waals surface area contributed by atoms with Gasteiger partial charge >= 0.3 is 5.97 Å². The number of ether oxygens (including phenoxy) is 3. The number of hydrogen-bond acceptors (Lipinski definition) is 7. The van der Waals surface area contributed by atoms with E-state index in [1.807, 2.05) is 0 Å². The van der Waals surface area contributed by atoms with E-state index in [-0.39, 0.29) is 29.7 Å². The van der Waals surface area contributed by atoms with Crippen LogP contribution in [-0.4, -0.2) is 42.7 Å². The molecule has 1 aromatic carbocycles. The van der Waals surface area contributed by atoms with Crippen molar-refractivity contribution in [3.63, 3.8) is 0 Å². The average Bonchev–Trinajstić information content (AvgIpc) is 2.71. The Morgan fingerprint density at radius 3 is 2.57 bits per heavy atom. The molecule has 0 bridgehead atoms. The van der Waals surface area contributed by atoms with E-state index in [1.165, 1.54) is 20.1 Å². The van der Waals surface area contributed by atoms with E-state index < -0.39 is 28.6 Å². The zero-order valence-corrected chi connectivity index (χ0v) is 18.1. The van der Waals surface area contributed by atoms with Crippen LogP contribution in [0.25, 0.3) is 0 Å². The zero-order chi connectivity index (χ0) is 22.4. The van der Waals surface area contributed by atoms with Crippen LogP contribution in [0.2, 0.25) is 0 Å². The number of rotatable bonds is 8. The number of carbonyl (C=O) groups excluding carboxylic acids is 2. The van der Waals surface area contributed by atoms with E-state index in [9.17, 15) is 19.7 Å². The molecule has 0 radical (unpaired) electrons. The van der Waals surface area contributed by atoms with Crippen LogP contribution in [0.5, 0.6) is 11.5 Å². The van der Waals surface area contributed by atoms with Gasteiger partial charge in [-0.2, -0.15) is 0 Å². The van der Waals surface area contributed by atoms with Gasteiger partial charge in [0.1, 0.15) is 5.56 Å². The highest BCUT2D eigenvalue weighted by molar-refractivity contribution is 5.96. The molecular weight excluding hydrogens is 392 g/mol. The van der Waals surface area contributed by atoms with Gasteiger partial charge in [0.25, 0.3) is 11.6 Å². The number of methoxy groups -OCH3 is 1. The Kier molecular flexibility index (Phi) is 8.02. The minimum absolute atomic E-state index is 0.0160. The van der Waals surface area contributed by atoms with Crippen LogP contribution in [0, 0.1) is 22.0 Å². The predicted molar refractivity (Wildman–Crippen MR) is 110 cm³/mol. The van der Waals surface area contributed by atoms with Crippen LogP contribution in [0.4, 0.5) is 5.69 Å². The fourth-order valence-electron chi connectivity index (χ4n) is 3.65. The first kappa shape index (κ1) is 23.4. The third-order valence-corrected chi connectivity index (χ3v) is 5.69. The van der Waals surface area contributed by atoms with Gasteiger partial charge in [-0.05, 0) is 32.1 Å². The Bertz CT molecular complexity index is 796. The summed E-state index contributed by atoms with van der Waals surface area (Å²) in [5.74, 6) is -0.264. The van der Waals surface area contributed by atoms with Crippen LogP contribution >= 0.6 is 0 Å². The maximum Gasteiger partial charge on any atom is 0.346 e. The molecule has 1 aromatic rings. The molecule has 0 unspecified atom stereocenters. The number of benzene rings is 1. The fraction of sp³-hybridized carbons (Fsp3) is 0.619. The summed E-state index contributed by atoms with van der Waals surface area (Å²) in [6, 6.07) is 2.33. The molecule has 1 saturated carbocycles. The number of hydrogen-bond donors (Lipinski definition) is 1. The minimum Gasteiger partial charge on any atom is -0.493 e. The van der Waals surface area contributed by atoms with Gasteiger partial charge in [-0.15, -0.1) is 0 Å². The molecule has 0 saturated heterocycles. The Morgan fingerprint density at radius 1 is 1.27 bits per heavy atom. The molecular formula is C21H30N2O7. The maximum absolute atomic E-state index is 12.6. The first-order valence-corrected chi connectivity index (χ1v) is 10.2. The van der Waals surface area contributed by atoms with Gasteiger partial charge in [-0.25, -0.2) is 4.79 Å². The molecule has 0 heterocycles. The largest absolute Gasteiger partial charge is 0.493 e.